The molecule has 0 aliphatic carbocycles. The monoisotopic (exact) mass is 201 g/mol. The van der Waals surface area contributed by atoms with E-state index in [2.05, 4.69) is 0 Å². The Labute approximate surface area is 78.4 Å². The summed E-state index contributed by atoms with van der Waals surface area (Å²) in [5, 5.41) is 17.0. The number of hydrogen-bond acceptors (Lipinski definition) is 4. The average Bonchev–Trinajstić information content (AvgIpc) is 2.04. The predicted molar refractivity (Wildman–Crippen MR) is 37.7 cm³/mol. The minimum Gasteiger partial charge on any atom is -1.00 e. The highest BCUT2D eigenvalue weighted by Crippen LogP contribution is 2.07. The Balaban J connectivity index is 0. The lowest BCUT2D eigenvalue weighted by Crippen LogP contribution is -3.00. The van der Waals surface area contributed by atoms with E-state index in [9.17, 15) is 0 Å². The van der Waals surface area contributed by atoms with Crippen LogP contribution in [-0.2, 0) is 9.68 Å². The fourth-order valence-electron chi connectivity index (χ4n) is 0.836. The Hall–Kier alpha value is 0.0900. The van der Waals surface area contributed by atoms with Crippen LogP contribution in [0.4, 0.5) is 0 Å². The maximum atomic E-state index is 8.49. The molecule has 0 aromatic rings. The molecule has 0 amide bonds. The van der Waals surface area contributed by atoms with Gasteiger partial charge in [0.25, 0.3) is 0 Å². The molecule has 0 unspecified atom stereocenters. The van der Waals surface area contributed by atoms with Gasteiger partial charge in [-0.15, -0.1) is 9.68 Å². The van der Waals surface area contributed by atoms with Crippen LogP contribution >= 0.6 is 0 Å². The maximum absolute atomic E-state index is 8.49. The third kappa shape index (κ3) is 4.20. The molecule has 0 aliphatic rings. The van der Waals surface area contributed by atoms with Gasteiger partial charge in [-0.05, 0) is 18.7 Å². The number of nitrogens with zero attached hydrogens (tertiary/aromatic N) is 1. The van der Waals surface area contributed by atoms with Gasteiger partial charge in [-0.3, -0.25) is 0 Å². The second kappa shape index (κ2) is 7.72. The summed E-state index contributed by atoms with van der Waals surface area (Å²) in [5.41, 5.74) is 0. The van der Waals surface area contributed by atoms with Gasteiger partial charge in [0.1, 0.15) is 13.1 Å². The van der Waals surface area contributed by atoms with E-state index in [0.717, 1.165) is 0 Å². The fourth-order valence-corrected chi connectivity index (χ4v) is 0.836. The molecule has 76 valence electrons. The molecule has 0 aromatic carbocycles. The fraction of sp³-hybridized carbons (Fsp3) is 1.00. The number of quaternary nitrogens is 1. The molecular formula is C6H16ClNO4. The largest absolute Gasteiger partial charge is 1.00 e. The van der Waals surface area contributed by atoms with Crippen molar-refractivity contribution in [3.63, 3.8) is 0 Å². The SMILES string of the molecule is CC[N+](CC)(OCO)OCO.[Cl-]. The maximum Gasteiger partial charge on any atom is 0.206 e. The molecule has 0 radical (unpaired) electrons. The summed E-state index contributed by atoms with van der Waals surface area (Å²) in [5.74, 6) is 0. The van der Waals surface area contributed by atoms with Crippen LogP contribution < -0.4 is 12.4 Å². The second-order valence-electron chi connectivity index (χ2n) is 1.96. The van der Waals surface area contributed by atoms with Gasteiger partial charge in [0.15, 0.2) is 0 Å². The zero-order valence-electron chi connectivity index (χ0n) is 7.36. The zero-order valence-corrected chi connectivity index (χ0v) is 8.12. The molecule has 0 bridgehead atoms. The van der Waals surface area contributed by atoms with Crippen molar-refractivity contribution in [3.05, 3.63) is 0 Å². The van der Waals surface area contributed by atoms with Gasteiger partial charge in [0, 0.05) is 0 Å². The van der Waals surface area contributed by atoms with Crippen molar-refractivity contribution in [3.8, 4) is 0 Å². The van der Waals surface area contributed by atoms with E-state index in [1.54, 1.807) is 0 Å². The van der Waals surface area contributed by atoms with E-state index in [1.807, 2.05) is 13.8 Å². The first-order valence-electron chi connectivity index (χ1n) is 3.62. The normalized spacial score (nSPS) is 11.0. The predicted octanol–water partition coefficient (Wildman–Crippen LogP) is -3.39. The molecule has 0 saturated heterocycles. The molecule has 0 atom stereocenters. The first kappa shape index (κ1) is 14.6. The third-order valence-electron chi connectivity index (χ3n) is 1.55. The van der Waals surface area contributed by atoms with Gasteiger partial charge in [-0.1, -0.05) is 0 Å². The van der Waals surface area contributed by atoms with Crippen molar-refractivity contribution in [2.45, 2.75) is 13.8 Å². The van der Waals surface area contributed by atoms with Gasteiger partial charge in [-0.25, -0.2) is 0 Å². The molecule has 0 heterocycles. The molecule has 0 rings (SSSR count). The van der Waals surface area contributed by atoms with E-state index in [-0.39, 0.29) is 17.2 Å². The molecule has 0 aromatic heterocycles. The highest BCUT2D eigenvalue weighted by Gasteiger charge is 2.27. The molecule has 2 N–H and O–H groups in total. The number of rotatable bonds is 6. The Kier molecular flexibility index (Phi) is 9.40. The molecule has 6 heteroatoms. The van der Waals surface area contributed by atoms with Gasteiger partial charge in [0.2, 0.25) is 13.6 Å². The standard InChI is InChI=1S/C6H16NO4.ClH/c1-3-7(4-2,10-5-8)11-6-9;/h8-9H,3-6H2,1-2H3;1H/q+1;/p-1. The first-order chi connectivity index (χ1) is 5.24. The lowest BCUT2D eigenvalue weighted by molar-refractivity contribution is -1.25. The summed E-state index contributed by atoms with van der Waals surface area (Å²) in [6.07, 6.45) is 0. The van der Waals surface area contributed by atoms with Gasteiger partial charge in [0.05, 0.1) is 0 Å². The van der Waals surface area contributed by atoms with Crippen molar-refractivity contribution in [2.24, 2.45) is 0 Å². The first-order valence-corrected chi connectivity index (χ1v) is 3.62. The summed E-state index contributed by atoms with van der Waals surface area (Å²) >= 11 is 0. The Morgan fingerprint density at radius 3 is 1.50 bits per heavy atom. The quantitative estimate of drug-likeness (QED) is 0.267. The minimum absolute atomic E-state index is 0. The van der Waals surface area contributed by atoms with Gasteiger partial charge in [-0.2, -0.15) is 0 Å². The van der Waals surface area contributed by atoms with Crippen LogP contribution in [0.25, 0.3) is 0 Å². The van der Waals surface area contributed by atoms with Crippen molar-refractivity contribution >= 4 is 0 Å². The van der Waals surface area contributed by atoms with E-state index in [0.29, 0.717) is 13.1 Å². The average molecular weight is 202 g/mol. The summed E-state index contributed by atoms with van der Waals surface area (Å²) in [7, 11) is 0. The highest BCUT2D eigenvalue weighted by molar-refractivity contribution is 4.09. The number of hydrogen-bond donors (Lipinski definition) is 2. The Bertz CT molecular complexity index is 91.5. The summed E-state index contributed by atoms with van der Waals surface area (Å²) in [6, 6.07) is 0. The van der Waals surface area contributed by atoms with Gasteiger partial charge < -0.3 is 22.6 Å². The highest BCUT2D eigenvalue weighted by atomic mass is 35.5. The summed E-state index contributed by atoms with van der Waals surface area (Å²) < 4.78 is 0. The number of hydroxylamine groups is 4. The van der Waals surface area contributed by atoms with E-state index < -0.39 is 13.6 Å². The lowest BCUT2D eigenvalue weighted by Gasteiger charge is -2.28. The number of aliphatic hydroxyl groups excluding tert-OH is 2. The van der Waals surface area contributed by atoms with Crippen LogP contribution in [0, 0.1) is 0 Å². The molecule has 5 nitrogen and oxygen atoms in total. The number of aliphatic hydroxyl groups is 2. The molecule has 0 fully saturated rings. The van der Waals surface area contributed by atoms with Crippen molar-refractivity contribution in [1.82, 2.24) is 0 Å². The van der Waals surface area contributed by atoms with Crippen LogP contribution in [0.5, 0.6) is 0 Å². The topological polar surface area (TPSA) is 58.9 Å². The van der Waals surface area contributed by atoms with E-state index in [4.69, 9.17) is 19.9 Å². The molecule has 0 saturated carbocycles. The smallest absolute Gasteiger partial charge is 0.206 e. The minimum atomic E-state index is -0.415. The van der Waals surface area contributed by atoms with Gasteiger partial charge >= 0.3 is 0 Å². The molecular weight excluding hydrogens is 186 g/mol. The second-order valence-corrected chi connectivity index (χ2v) is 1.96. The summed E-state index contributed by atoms with van der Waals surface area (Å²) in [4.78, 5) is 9.58. The Morgan fingerprint density at radius 1 is 1.00 bits per heavy atom. The lowest BCUT2D eigenvalue weighted by atomic mass is 10.6. The van der Waals surface area contributed by atoms with Crippen molar-refractivity contribution in [1.29, 1.82) is 0 Å². The summed E-state index contributed by atoms with van der Waals surface area (Å²) in [6.45, 7) is 3.93. The van der Waals surface area contributed by atoms with Crippen LogP contribution in [0.1, 0.15) is 13.8 Å². The van der Waals surface area contributed by atoms with Crippen LogP contribution in [0.2, 0.25) is 0 Å². The zero-order chi connectivity index (χ0) is 8.74. The van der Waals surface area contributed by atoms with Crippen LogP contribution in [0.15, 0.2) is 0 Å². The van der Waals surface area contributed by atoms with Crippen LogP contribution in [0.3, 0.4) is 0 Å². The molecule has 0 aliphatic heterocycles. The third-order valence-corrected chi connectivity index (χ3v) is 1.55. The van der Waals surface area contributed by atoms with E-state index in [1.165, 1.54) is 0 Å². The molecule has 12 heavy (non-hydrogen) atoms. The number of halogens is 1. The Morgan fingerprint density at radius 2 is 1.33 bits per heavy atom. The van der Waals surface area contributed by atoms with E-state index >= 15 is 0 Å². The van der Waals surface area contributed by atoms with Crippen LogP contribution in [-0.4, -0.2) is 41.7 Å². The molecule has 0 spiro atoms. The van der Waals surface area contributed by atoms with Crippen molar-refractivity contribution < 1.29 is 37.1 Å². The van der Waals surface area contributed by atoms with Crippen molar-refractivity contribution in [2.75, 3.05) is 26.7 Å².